The van der Waals surface area contributed by atoms with Crippen molar-refractivity contribution in [2.45, 2.75) is 38.7 Å². The highest BCUT2D eigenvalue weighted by Gasteiger charge is 2.36. The summed E-state index contributed by atoms with van der Waals surface area (Å²) in [6, 6.07) is 1.61. The largest absolute Gasteiger partial charge is 0.493 e. The average Bonchev–Trinajstić information content (AvgIpc) is 2.60. The number of rotatable bonds is 7. The van der Waals surface area contributed by atoms with Gasteiger partial charge in [-0.3, -0.25) is 0 Å². The van der Waals surface area contributed by atoms with Gasteiger partial charge < -0.3 is 18.9 Å². The maximum absolute atomic E-state index is 12.5. The molecule has 5 nitrogen and oxygen atoms in total. The number of benzene rings is 1. The normalized spacial score (nSPS) is 16.1. The summed E-state index contributed by atoms with van der Waals surface area (Å²) >= 11 is 0. The van der Waals surface area contributed by atoms with Crippen molar-refractivity contribution in [3.05, 3.63) is 29.5 Å². The van der Waals surface area contributed by atoms with E-state index in [4.69, 9.17) is 18.9 Å². The van der Waals surface area contributed by atoms with Crippen molar-refractivity contribution in [3.8, 4) is 17.2 Å². The fourth-order valence-corrected chi connectivity index (χ4v) is 2.98. The molecule has 1 aliphatic rings. The van der Waals surface area contributed by atoms with E-state index in [-0.39, 0.29) is 6.10 Å². The van der Waals surface area contributed by atoms with E-state index in [1.54, 1.807) is 6.07 Å². The number of cyclic esters (lactones) is 1. The minimum Gasteiger partial charge on any atom is -0.493 e. The van der Waals surface area contributed by atoms with Crippen LogP contribution in [-0.4, -0.2) is 33.4 Å². The summed E-state index contributed by atoms with van der Waals surface area (Å²) in [5.74, 6) is 0.895. The molecular formula is C19H24O5. The van der Waals surface area contributed by atoms with Crippen molar-refractivity contribution in [2.24, 2.45) is 0 Å². The highest BCUT2D eigenvalue weighted by atomic mass is 16.5. The van der Waals surface area contributed by atoms with Crippen LogP contribution in [-0.2, 0) is 4.74 Å². The molecule has 0 saturated heterocycles. The van der Waals surface area contributed by atoms with E-state index in [1.165, 1.54) is 21.3 Å². The first-order valence-electron chi connectivity index (χ1n) is 8.07. The van der Waals surface area contributed by atoms with Gasteiger partial charge in [0.25, 0.3) is 0 Å². The fraction of sp³-hybridized carbons (Fsp3) is 0.474. The van der Waals surface area contributed by atoms with Crippen LogP contribution in [0.1, 0.15) is 48.5 Å². The number of esters is 1. The van der Waals surface area contributed by atoms with Gasteiger partial charge in [0.1, 0.15) is 6.10 Å². The molecule has 5 heteroatoms. The van der Waals surface area contributed by atoms with Crippen LogP contribution in [0.15, 0.2) is 18.4 Å². The zero-order chi connectivity index (χ0) is 17.7. The monoisotopic (exact) mass is 332 g/mol. The molecule has 130 valence electrons. The number of ether oxygens (including phenoxy) is 4. The van der Waals surface area contributed by atoms with Gasteiger partial charge in [0, 0.05) is 11.1 Å². The van der Waals surface area contributed by atoms with Crippen molar-refractivity contribution >= 4 is 11.5 Å². The highest BCUT2D eigenvalue weighted by molar-refractivity contribution is 6.02. The third-order valence-electron chi connectivity index (χ3n) is 4.15. The van der Waals surface area contributed by atoms with E-state index < -0.39 is 5.97 Å². The Bertz CT molecular complexity index is 671. The van der Waals surface area contributed by atoms with Gasteiger partial charge in [-0.2, -0.15) is 0 Å². The number of carbonyl (C=O) groups excluding carboxylic acids is 1. The topological polar surface area (TPSA) is 54.0 Å². The fourth-order valence-electron chi connectivity index (χ4n) is 2.98. The molecule has 2 rings (SSSR count). The predicted molar refractivity (Wildman–Crippen MR) is 92.0 cm³/mol. The Balaban J connectivity index is 2.59. The Morgan fingerprint density at radius 3 is 2.42 bits per heavy atom. The Morgan fingerprint density at radius 1 is 1.17 bits per heavy atom. The van der Waals surface area contributed by atoms with Crippen LogP contribution in [0.5, 0.6) is 17.2 Å². The summed E-state index contributed by atoms with van der Waals surface area (Å²) in [7, 11) is 4.57. The molecule has 0 spiro atoms. The lowest BCUT2D eigenvalue weighted by Gasteiger charge is -2.29. The molecule has 0 radical (unpaired) electrons. The van der Waals surface area contributed by atoms with Crippen LogP contribution >= 0.6 is 0 Å². The van der Waals surface area contributed by atoms with Crippen molar-refractivity contribution in [3.63, 3.8) is 0 Å². The van der Waals surface area contributed by atoms with Crippen molar-refractivity contribution in [1.82, 2.24) is 0 Å². The SMILES string of the molecule is C=C=C1c2c(cc(OC)c(OC)c2OC)C(=O)OC1CCCCC. The van der Waals surface area contributed by atoms with Gasteiger partial charge in [0.15, 0.2) is 11.5 Å². The Labute approximate surface area is 142 Å². The molecular weight excluding hydrogens is 308 g/mol. The molecule has 1 aliphatic heterocycles. The second kappa shape index (κ2) is 7.93. The molecule has 1 atom stereocenters. The number of carbonyl (C=O) groups is 1. The first kappa shape index (κ1) is 18.0. The number of hydrogen-bond donors (Lipinski definition) is 0. The summed E-state index contributed by atoms with van der Waals surface area (Å²) in [5.41, 5.74) is 4.66. The maximum atomic E-state index is 12.5. The van der Waals surface area contributed by atoms with Gasteiger partial charge in [-0.25, -0.2) is 4.79 Å². The van der Waals surface area contributed by atoms with Gasteiger partial charge in [0.2, 0.25) is 5.75 Å². The van der Waals surface area contributed by atoms with Gasteiger partial charge in [-0.05, 0) is 18.9 Å². The molecule has 1 heterocycles. The summed E-state index contributed by atoms with van der Waals surface area (Å²) in [6.07, 6.45) is 3.49. The second-order valence-corrected chi connectivity index (χ2v) is 5.55. The minimum atomic E-state index is -0.398. The van der Waals surface area contributed by atoms with Crippen LogP contribution in [0.25, 0.3) is 5.57 Å². The molecule has 1 unspecified atom stereocenters. The molecule has 0 aromatic heterocycles. The summed E-state index contributed by atoms with van der Waals surface area (Å²) in [5, 5.41) is 0. The van der Waals surface area contributed by atoms with Crippen molar-refractivity contribution < 1.29 is 23.7 Å². The lowest BCUT2D eigenvalue weighted by Crippen LogP contribution is -2.27. The van der Waals surface area contributed by atoms with E-state index in [1.807, 2.05) is 0 Å². The van der Waals surface area contributed by atoms with Crippen LogP contribution < -0.4 is 14.2 Å². The van der Waals surface area contributed by atoms with Crippen LogP contribution in [0.2, 0.25) is 0 Å². The van der Waals surface area contributed by atoms with E-state index in [2.05, 4.69) is 19.2 Å². The Kier molecular flexibility index (Phi) is 5.93. The first-order valence-corrected chi connectivity index (χ1v) is 8.07. The third kappa shape index (κ3) is 3.13. The number of hydrogen-bond acceptors (Lipinski definition) is 5. The smallest absolute Gasteiger partial charge is 0.339 e. The van der Waals surface area contributed by atoms with Crippen LogP contribution in [0.4, 0.5) is 0 Å². The summed E-state index contributed by atoms with van der Waals surface area (Å²) in [4.78, 5) is 12.5. The maximum Gasteiger partial charge on any atom is 0.339 e. The number of methoxy groups -OCH3 is 3. The van der Waals surface area contributed by atoms with Gasteiger partial charge in [-0.1, -0.05) is 26.3 Å². The molecule has 0 bridgehead atoms. The molecule has 1 aromatic rings. The molecule has 24 heavy (non-hydrogen) atoms. The van der Waals surface area contributed by atoms with E-state index in [0.29, 0.717) is 28.4 Å². The molecule has 1 aromatic carbocycles. The van der Waals surface area contributed by atoms with Crippen LogP contribution in [0, 0.1) is 0 Å². The van der Waals surface area contributed by atoms with E-state index in [0.717, 1.165) is 31.3 Å². The zero-order valence-corrected chi connectivity index (χ0v) is 14.7. The van der Waals surface area contributed by atoms with Crippen molar-refractivity contribution in [2.75, 3.05) is 21.3 Å². The summed E-state index contributed by atoms with van der Waals surface area (Å²) in [6.45, 7) is 5.91. The standard InChI is InChI=1S/C19H24O5/c1-6-8-9-10-14-12(7-2)16-13(19(20)24-14)11-15(21-3)17(22-4)18(16)23-5/h11,14H,2,6,8-10H2,1,3-5H3. The lowest BCUT2D eigenvalue weighted by molar-refractivity contribution is 0.0371. The number of unbranched alkanes of at least 4 members (excludes halogenated alkanes) is 2. The van der Waals surface area contributed by atoms with E-state index >= 15 is 0 Å². The lowest BCUT2D eigenvalue weighted by atomic mass is 9.89. The van der Waals surface area contributed by atoms with Gasteiger partial charge in [0.05, 0.1) is 26.9 Å². The van der Waals surface area contributed by atoms with Crippen molar-refractivity contribution in [1.29, 1.82) is 0 Å². The summed E-state index contributed by atoms with van der Waals surface area (Å²) < 4.78 is 21.9. The minimum absolute atomic E-state index is 0.374. The van der Waals surface area contributed by atoms with Gasteiger partial charge in [-0.15, -0.1) is 5.73 Å². The van der Waals surface area contributed by atoms with E-state index in [9.17, 15) is 4.79 Å². The number of fused-ring (bicyclic) bond motifs is 1. The second-order valence-electron chi connectivity index (χ2n) is 5.55. The van der Waals surface area contributed by atoms with Gasteiger partial charge >= 0.3 is 5.97 Å². The average molecular weight is 332 g/mol. The van der Waals surface area contributed by atoms with Crippen LogP contribution in [0.3, 0.4) is 0 Å². The first-order chi connectivity index (χ1) is 11.6. The zero-order valence-electron chi connectivity index (χ0n) is 14.7. The molecule has 0 saturated carbocycles. The predicted octanol–water partition coefficient (Wildman–Crippen LogP) is 4.00. The highest BCUT2D eigenvalue weighted by Crippen LogP contribution is 2.48. The Hall–Kier alpha value is -2.39. The molecule has 0 N–H and O–H groups in total. The molecule has 0 aliphatic carbocycles. The third-order valence-corrected chi connectivity index (χ3v) is 4.15. The molecule has 0 fully saturated rings. The quantitative estimate of drug-likeness (QED) is 0.429. The molecule has 0 amide bonds. The Morgan fingerprint density at radius 2 is 1.88 bits per heavy atom.